The molecule has 0 saturated heterocycles. The van der Waals surface area contributed by atoms with Gasteiger partial charge in [0.1, 0.15) is 0 Å². The number of carbonyl (C=O) groups is 1. The van der Waals surface area contributed by atoms with Crippen LogP contribution in [0.4, 0.5) is 0 Å². The molecule has 88 valence electrons. The van der Waals surface area contributed by atoms with E-state index >= 15 is 0 Å². The molecule has 0 saturated carbocycles. The third kappa shape index (κ3) is 9.62. The van der Waals surface area contributed by atoms with Gasteiger partial charge >= 0.3 is 13.8 Å². The van der Waals surface area contributed by atoms with Gasteiger partial charge in [0.15, 0.2) is 0 Å². The van der Waals surface area contributed by atoms with E-state index in [0.29, 0.717) is 25.7 Å². The Bertz CT molecular complexity index is 268. The predicted molar refractivity (Wildman–Crippen MR) is 53.2 cm³/mol. The van der Waals surface area contributed by atoms with Crippen molar-refractivity contribution >= 4 is 13.8 Å². The van der Waals surface area contributed by atoms with Gasteiger partial charge in [0.2, 0.25) is 0 Å². The fraction of sp³-hybridized carbons (Fsp3) is 0.625. The molecule has 0 rings (SSSR count). The molecule has 0 aromatic heterocycles. The standard InChI is InChI=1S/C8H15O6P/c1-7(8(9)10)5-3-2-4-6-14-15(11,12)13/h1-6H2,(H,9,10)(H2,11,12,13). The van der Waals surface area contributed by atoms with Crippen molar-refractivity contribution in [3.05, 3.63) is 12.2 Å². The van der Waals surface area contributed by atoms with E-state index in [1.165, 1.54) is 0 Å². The molecular formula is C8H15O6P. The van der Waals surface area contributed by atoms with Crippen LogP contribution in [-0.4, -0.2) is 27.5 Å². The molecule has 0 atom stereocenters. The number of carboxylic acids is 1. The molecule has 7 heteroatoms. The molecule has 0 unspecified atom stereocenters. The van der Waals surface area contributed by atoms with Gasteiger partial charge in [0.05, 0.1) is 6.61 Å². The number of carboxylic acid groups (broad SMARTS) is 1. The van der Waals surface area contributed by atoms with Gasteiger partial charge in [-0.1, -0.05) is 13.0 Å². The molecule has 0 radical (unpaired) electrons. The number of phosphoric acid groups is 1. The zero-order valence-corrected chi connectivity index (χ0v) is 9.15. The summed E-state index contributed by atoms with van der Waals surface area (Å²) < 4.78 is 14.5. The zero-order valence-electron chi connectivity index (χ0n) is 8.26. The second-order valence-corrected chi connectivity index (χ2v) is 4.28. The van der Waals surface area contributed by atoms with Gasteiger partial charge in [-0.05, 0) is 19.3 Å². The summed E-state index contributed by atoms with van der Waals surface area (Å²) in [5.74, 6) is -1.01. The lowest BCUT2D eigenvalue weighted by molar-refractivity contribution is -0.132. The van der Waals surface area contributed by atoms with Gasteiger partial charge in [0.25, 0.3) is 0 Å². The molecular weight excluding hydrogens is 223 g/mol. The monoisotopic (exact) mass is 238 g/mol. The summed E-state index contributed by atoms with van der Waals surface area (Å²) in [5.41, 5.74) is 0.144. The van der Waals surface area contributed by atoms with E-state index in [2.05, 4.69) is 11.1 Å². The van der Waals surface area contributed by atoms with Crippen LogP contribution in [-0.2, 0) is 13.9 Å². The summed E-state index contributed by atoms with van der Waals surface area (Å²) in [6, 6.07) is 0. The van der Waals surface area contributed by atoms with E-state index in [1.54, 1.807) is 0 Å². The summed E-state index contributed by atoms with van der Waals surface area (Å²) in [5, 5.41) is 8.46. The first-order valence-electron chi connectivity index (χ1n) is 4.44. The van der Waals surface area contributed by atoms with Crippen LogP contribution in [0.3, 0.4) is 0 Å². The highest BCUT2D eigenvalue weighted by Gasteiger charge is 2.12. The first-order chi connectivity index (χ1) is 6.83. The van der Waals surface area contributed by atoms with Gasteiger partial charge in [-0.25, -0.2) is 9.36 Å². The lowest BCUT2D eigenvalue weighted by Gasteiger charge is -2.04. The Hall–Kier alpha value is -0.680. The second-order valence-electron chi connectivity index (χ2n) is 3.04. The molecule has 0 spiro atoms. The molecule has 0 heterocycles. The number of hydrogen-bond acceptors (Lipinski definition) is 3. The van der Waals surface area contributed by atoms with Crippen molar-refractivity contribution in [3.8, 4) is 0 Å². The van der Waals surface area contributed by atoms with Crippen LogP contribution in [0.15, 0.2) is 12.2 Å². The minimum absolute atomic E-state index is 0.0240. The molecule has 0 aliphatic carbocycles. The van der Waals surface area contributed by atoms with Crippen molar-refractivity contribution in [1.82, 2.24) is 0 Å². The normalized spacial score (nSPS) is 11.3. The van der Waals surface area contributed by atoms with Crippen molar-refractivity contribution in [2.45, 2.75) is 25.7 Å². The Labute approximate surface area is 87.8 Å². The molecule has 0 bridgehead atoms. The maximum atomic E-state index is 10.3. The molecule has 0 aliphatic rings. The lowest BCUT2D eigenvalue weighted by atomic mass is 10.1. The smallest absolute Gasteiger partial charge is 0.469 e. The van der Waals surface area contributed by atoms with Crippen molar-refractivity contribution in [2.24, 2.45) is 0 Å². The number of unbranched alkanes of at least 4 members (excludes halogenated alkanes) is 2. The molecule has 3 N–H and O–H groups in total. The van der Waals surface area contributed by atoms with Crippen molar-refractivity contribution < 1.29 is 28.8 Å². The van der Waals surface area contributed by atoms with Crippen molar-refractivity contribution in [3.63, 3.8) is 0 Å². The fourth-order valence-corrected chi connectivity index (χ4v) is 1.27. The molecule has 0 aromatic carbocycles. The number of aliphatic carboxylic acids is 1. The van der Waals surface area contributed by atoms with Crippen LogP contribution >= 0.6 is 7.82 Å². The van der Waals surface area contributed by atoms with Crippen LogP contribution in [0.1, 0.15) is 25.7 Å². The predicted octanol–water partition coefficient (Wildman–Crippen LogP) is 1.30. The van der Waals surface area contributed by atoms with Gasteiger partial charge in [-0.3, -0.25) is 4.52 Å². The van der Waals surface area contributed by atoms with Crippen LogP contribution in [0, 0.1) is 0 Å². The molecule has 0 aliphatic heterocycles. The van der Waals surface area contributed by atoms with Crippen LogP contribution < -0.4 is 0 Å². The van der Waals surface area contributed by atoms with Crippen LogP contribution in [0.25, 0.3) is 0 Å². The highest BCUT2D eigenvalue weighted by molar-refractivity contribution is 7.46. The SMILES string of the molecule is C=C(CCCCCOP(=O)(O)O)C(=O)O. The van der Waals surface area contributed by atoms with Gasteiger partial charge in [0, 0.05) is 5.57 Å². The Morgan fingerprint density at radius 1 is 1.27 bits per heavy atom. The van der Waals surface area contributed by atoms with Crippen LogP contribution in [0.5, 0.6) is 0 Å². The Morgan fingerprint density at radius 3 is 2.33 bits per heavy atom. The zero-order chi connectivity index (χ0) is 11.9. The minimum atomic E-state index is -4.36. The molecule has 0 fully saturated rings. The average molecular weight is 238 g/mol. The Morgan fingerprint density at radius 2 is 1.87 bits per heavy atom. The third-order valence-corrected chi connectivity index (χ3v) is 2.20. The highest BCUT2D eigenvalue weighted by Crippen LogP contribution is 2.35. The number of rotatable bonds is 8. The fourth-order valence-electron chi connectivity index (χ4n) is 0.908. The lowest BCUT2D eigenvalue weighted by Crippen LogP contribution is -1.99. The van der Waals surface area contributed by atoms with Crippen molar-refractivity contribution in [2.75, 3.05) is 6.61 Å². The van der Waals surface area contributed by atoms with Crippen molar-refractivity contribution in [1.29, 1.82) is 0 Å². The average Bonchev–Trinajstić information content (AvgIpc) is 2.08. The minimum Gasteiger partial charge on any atom is -0.478 e. The van der Waals surface area contributed by atoms with E-state index in [9.17, 15) is 9.36 Å². The first kappa shape index (κ1) is 14.3. The van der Waals surface area contributed by atoms with E-state index in [4.69, 9.17) is 14.9 Å². The maximum Gasteiger partial charge on any atom is 0.469 e. The van der Waals surface area contributed by atoms with E-state index in [1.807, 2.05) is 0 Å². The van der Waals surface area contributed by atoms with E-state index in [-0.39, 0.29) is 12.2 Å². The second kappa shape index (κ2) is 6.74. The summed E-state index contributed by atoms with van der Waals surface area (Å²) in [6.45, 7) is 3.33. The third-order valence-electron chi connectivity index (χ3n) is 1.68. The van der Waals surface area contributed by atoms with Gasteiger partial charge in [-0.15, -0.1) is 0 Å². The summed E-state index contributed by atoms with van der Waals surface area (Å²) in [7, 11) is -4.36. The molecule has 0 amide bonds. The van der Waals surface area contributed by atoms with Gasteiger partial charge in [-0.2, -0.15) is 0 Å². The summed E-state index contributed by atoms with van der Waals surface area (Å²) in [6.07, 6.45) is 2.13. The molecule has 15 heavy (non-hydrogen) atoms. The first-order valence-corrected chi connectivity index (χ1v) is 5.97. The molecule has 6 nitrogen and oxygen atoms in total. The number of phosphoric ester groups is 1. The Kier molecular flexibility index (Phi) is 6.43. The highest BCUT2D eigenvalue weighted by atomic mass is 31.2. The van der Waals surface area contributed by atoms with E-state index < -0.39 is 13.8 Å². The Balaban J connectivity index is 3.37. The van der Waals surface area contributed by atoms with E-state index in [0.717, 1.165) is 0 Å². The van der Waals surface area contributed by atoms with Gasteiger partial charge < -0.3 is 14.9 Å². The summed E-state index contributed by atoms with van der Waals surface area (Å²) in [4.78, 5) is 27.0. The van der Waals surface area contributed by atoms with Crippen LogP contribution in [0.2, 0.25) is 0 Å². The molecule has 0 aromatic rings. The maximum absolute atomic E-state index is 10.3. The quantitative estimate of drug-likeness (QED) is 0.334. The number of hydrogen-bond donors (Lipinski definition) is 3. The summed E-state index contributed by atoms with van der Waals surface area (Å²) >= 11 is 0. The largest absolute Gasteiger partial charge is 0.478 e. The topological polar surface area (TPSA) is 104 Å².